The van der Waals surface area contributed by atoms with Crippen LogP contribution in [0.1, 0.15) is 13.8 Å². The van der Waals surface area contributed by atoms with Gasteiger partial charge < -0.3 is 0 Å². The van der Waals surface area contributed by atoms with E-state index in [4.69, 9.17) is 23.2 Å². The van der Waals surface area contributed by atoms with Crippen molar-refractivity contribution in [3.8, 4) is 0 Å². The van der Waals surface area contributed by atoms with E-state index >= 15 is 0 Å². The van der Waals surface area contributed by atoms with Crippen molar-refractivity contribution in [3.63, 3.8) is 0 Å². The van der Waals surface area contributed by atoms with Gasteiger partial charge in [0.25, 0.3) is 0 Å². The first-order valence-corrected chi connectivity index (χ1v) is 6.84. The zero-order valence-electron chi connectivity index (χ0n) is 10.4. The molecule has 0 bridgehead atoms. The number of benzene rings is 1. The Morgan fingerprint density at radius 1 is 1.00 bits per heavy atom. The maximum atomic E-state index is 12.4. The SMILES string of the molecule is CC(Cl)Cn1c(=O)n(CC(C)Cl)c2ccccc21. The predicted octanol–water partition coefficient (Wildman–Crippen LogP) is 3.06. The van der Waals surface area contributed by atoms with Crippen LogP contribution in [0.5, 0.6) is 0 Å². The minimum Gasteiger partial charge on any atom is -0.290 e. The largest absolute Gasteiger partial charge is 0.329 e. The van der Waals surface area contributed by atoms with Crippen LogP contribution < -0.4 is 5.69 Å². The molecule has 2 unspecified atom stereocenters. The van der Waals surface area contributed by atoms with Crippen LogP contribution in [0.25, 0.3) is 11.0 Å². The van der Waals surface area contributed by atoms with Gasteiger partial charge in [-0.05, 0) is 26.0 Å². The molecule has 0 N–H and O–H groups in total. The molecule has 0 spiro atoms. The Balaban J connectivity index is 2.63. The molecule has 0 saturated carbocycles. The van der Waals surface area contributed by atoms with Crippen LogP contribution in [0.2, 0.25) is 0 Å². The topological polar surface area (TPSA) is 26.9 Å². The number of aromatic nitrogens is 2. The maximum Gasteiger partial charge on any atom is 0.329 e. The third-order valence-corrected chi connectivity index (χ3v) is 3.07. The first kappa shape index (κ1) is 13.5. The van der Waals surface area contributed by atoms with Crippen molar-refractivity contribution >= 4 is 34.2 Å². The number of rotatable bonds is 4. The van der Waals surface area contributed by atoms with Crippen LogP contribution in [-0.4, -0.2) is 19.9 Å². The van der Waals surface area contributed by atoms with Crippen LogP contribution >= 0.6 is 23.2 Å². The summed E-state index contributed by atoms with van der Waals surface area (Å²) in [6, 6.07) is 7.72. The quantitative estimate of drug-likeness (QED) is 0.794. The smallest absolute Gasteiger partial charge is 0.290 e. The highest BCUT2D eigenvalue weighted by Crippen LogP contribution is 2.15. The lowest BCUT2D eigenvalue weighted by molar-refractivity contribution is 0.613. The molecular weight excluding hydrogens is 271 g/mol. The van der Waals surface area contributed by atoms with E-state index < -0.39 is 0 Å². The lowest BCUT2D eigenvalue weighted by atomic mass is 10.3. The lowest BCUT2D eigenvalue weighted by Crippen LogP contribution is -2.28. The molecule has 0 aliphatic heterocycles. The molecule has 0 amide bonds. The van der Waals surface area contributed by atoms with Crippen LogP contribution in [0.4, 0.5) is 0 Å². The molecule has 18 heavy (non-hydrogen) atoms. The molecule has 1 aromatic heterocycles. The van der Waals surface area contributed by atoms with E-state index in [1.165, 1.54) is 0 Å². The molecular formula is C13H16Cl2N2O. The van der Waals surface area contributed by atoms with Crippen LogP contribution in [-0.2, 0) is 13.1 Å². The number of hydrogen-bond donors (Lipinski definition) is 0. The first-order chi connectivity index (χ1) is 8.50. The van der Waals surface area contributed by atoms with Gasteiger partial charge in [0.1, 0.15) is 0 Å². The van der Waals surface area contributed by atoms with Crippen molar-refractivity contribution in [2.45, 2.75) is 37.7 Å². The summed E-state index contributed by atoms with van der Waals surface area (Å²) >= 11 is 12.0. The summed E-state index contributed by atoms with van der Waals surface area (Å²) in [6.07, 6.45) is 0. The van der Waals surface area contributed by atoms with Crippen molar-refractivity contribution in [2.24, 2.45) is 0 Å². The number of nitrogens with zero attached hydrogens (tertiary/aromatic N) is 2. The zero-order chi connectivity index (χ0) is 13.3. The Labute approximate surface area is 116 Å². The van der Waals surface area contributed by atoms with Crippen LogP contribution in [0.15, 0.2) is 29.1 Å². The second kappa shape index (κ2) is 5.37. The van der Waals surface area contributed by atoms with Crippen molar-refractivity contribution in [1.82, 2.24) is 9.13 Å². The number of fused-ring (bicyclic) bond motifs is 1. The van der Waals surface area contributed by atoms with Gasteiger partial charge in [0.05, 0.1) is 11.0 Å². The van der Waals surface area contributed by atoms with Gasteiger partial charge in [0.15, 0.2) is 0 Å². The molecule has 1 heterocycles. The molecule has 0 fully saturated rings. The van der Waals surface area contributed by atoms with E-state index in [9.17, 15) is 4.79 Å². The maximum absolute atomic E-state index is 12.4. The van der Waals surface area contributed by atoms with Crippen molar-refractivity contribution < 1.29 is 0 Å². The van der Waals surface area contributed by atoms with Crippen LogP contribution in [0.3, 0.4) is 0 Å². The van der Waals surface area contributed by atoms with E-state index in [2.05, 4.69) is 0 Å². The van der Waals surface area contributed by atoms with E-state index in [0.717, 1.165) is 11.0 Å². The lowest BCUT2D eigenvalue weighted by Gasteiger charge is -2.05. The molecule has 2 atom stereocenters. The Morgan fingerprint density at radius 3 is 1.72 bits per heavy atom. The molecule has 2 aromatic rings. The Morgan fingerprint density at radius 2 is 1.39 bits per heavy atom. The minimum absolute atomic E-state index is 0.0452. The van der Waals surface area contributed by atoms with Gasteiger partial charge in [0.2, 0.25) is 0 Å². The average Bonchev–Trinajstić information content (AvgIpc) is 2.54. The van der Waals surface area contributed by atoms with Gasteiger partial charge in [0, 0.05) is 23.8 Å². The fraction of sp³-hybridized carbons (Fsp3) is 0.462. The average molecular weight is 287 g/mol. The van der Waals surface area contributed by atoms with E-state index in [1.54, 1.807) is 9.13 Å². The molecule has 1 aromatic carbocycles. The molecule has 0 saturated heterocycles. The third-order valence-electron chi connectivity index (χ3n) is 2.79. The van der Waals surface area contributed by atoms with Crippen molar-refractivity contribution in [3.05, 3.63) is 34.7 Å². The van der Waals surface area contributed by atoms with Crippen molar-refractivity contribution in [1.29, 1.82) is 0 Å². The Kier molecular flexibility index (Phi) is 4.03. The molecule has 98 valence electrons. The van der Waals surface area contributed by atoms with E-state index in [0.29, 0.717) is 13.1 Å². The number of halogens is 2. The van der Waals surface area contributed by atoms with Gasteiger partial charge >= 0.3 is 5.69 Å². The summed E-state index contributed by atoms with van der Waals surface area (Å²) in [7, 11) is 0. The highest BCUT2D eigenvalue weighted by Gasteiger charge is 2.14. The summed E-state index contributed by atoms with van der Waals surface area (Å²) in [5.74, 6) is 0. The van der Waals surface area contributed by atoms with Gasteiger partial charge in [-0.2, -0.15) is 0 Å². The molecule has 2 rings (SSSR count). The monoisotopic (exact) mass is 286 g/mol. The fourth-order valence-electron chi connectivity index (χ4n) is 2.13. The zero-order valence-corrected chi connectivity index (χ0v) is 11.9. The number of hydrogen-bond acceptors (Lipinski definition) is 1. The minimum atomic E-state index is -0.0876. The highest BCUT2D eigenvalue weighted by molar-refractivity contribution is 6.20. The van der Waals surface area contributed by atoms with Gasteiger partial charge in [-0.1, -0.05) is 12.1 Å². The fourth-order valence-corrected chi connectivity index (χ4v) is 2.40. The van der Waals surface area contributed by atoms with Crippen LogP contribution in [0, 0.1) is 0 Å². The molecule has 5 heteroatoms. The molecule has 0 radical (unpaired) electrons. The summed E-state index contributed by atoms with van der Waals surface area (Å²) < 4.78 is 3.43. The summed E-state index contributed by atoms with van der Waals surface area (Å²) in [5, 5.41) is -0.175. The van der Waals surface area contributed by atoms with E-state index in [1.807, 2.05) is 38.1 Å². The summed E-state index contributed by atoms with van der Waals surface area (Å²) in [6.45, 7) is 4.77. The Bertz CT molecular complexity index is 549. The second-order valence-corrected chi connectivity index (χ2v) is 6.04. The van der Waals surface area contributed by atoms with Gasteiger partial charge in [-0.25, -0.2) is 4.79 Å². The normalized spacial score (nSPS) is 14.9. The van der Waals surface area contributed by atoms with Crippen molar-refractivity contribution in [2.75, 3.05) is 0 Å². The van der Waals surface area contributed by atoms with Gasteiger partial charge in [-0.3, -0.25) is 9.13 Å². The predicted molar refractivity (Wildman–Crippen MR) is 76.8 cm³/mol. The summed E-state index contributed by atoms with van der Waals surface area (Å²) in [5.41, 5.74) is 1.77. The third kappa shape index (κ3) is 2.57. The number of para-hydroxylation sites is 2. The highest BCUT2D eigenvalue weighted by atomic mass is 35.5. The first-order valence-electron chi connectivity index (χ1n) is 5.97. The molecule has 0 aliphatic rings. The molecule has 0 aliphatic carbocycles. The Hall–Kier alpha value is -0.930. The summed E-state index contributed by atoms with van der Waals surface area (Å²) in [4.78, 5) is 12.4. The molecule has 3 nitrogen and oxygen atoms in total. The standard InChI is InChI=1S/C13H16Cl2N2O/c1-9(14)7-16-11-5-3-4-6-12(11)17(13(16)18)8-10(2)15/h3-6,9-10H,7-8H2,1-2H3. The van der Waals surface area contributed by atoms with Gasteiger partial charge in [-0.15, -0.1) is 23.2 Å². The number of imidazole rings is 1. The second-order valence-electron chi connectivity index (χ2n) is 4.55. The number of alkyl halides is 2. The van der Waals surface area contributed by atoms with E-state index in [-0.39, 0.29) is 16.4 Å².